The van der Waals surface area contributed by atoms with Gasteiger partial charge in [-0.1, -0.05) is 17.7 Å². The summed E-state index contributed by atoms with van der Waals surface area (Å²) >= 11 is 6.14. The van der Waals surface area contributed by atoms with Gasteiger partial charge in [-0.3, -0.25) is 14.4 Å². The number of ether oxygens (including phenoxy) is 1. The van der Waals surface area contributed by atoms with E-state index in [1.807, 2.05) is 35.0 Å². The third kappa shape index (κ3) is 3.54. The number of aromatic nitrogens is 1. The van der Waals surface area contributed by atoms with Gasteiger partial charge in [-0.15, -0.1) is 0 Å². The van der Waals surface area contributed by atoms with Crippen LogP contribution in [0.3, 0.4) is 0 Å². The van der Waals surface area contributed by atoms with E-state index in [0.717, 1.165) is 10.9 Å². The lowest BCUT2D eigenvalue weighted by atomic mass is 9.70. The number of Topliss-reactive ketones (excluding diaryl/α,β-unsaturated/α-hetero) is 2. The molecule has 1 aliphatic carbocycles. The van der Waals surface area contributed by atoms with Gasteiger partial charge in [0.1, 0.15) is 34.0 Å². The Labute approximate surface area is 217 Å². The summed E-state index contributed by atoms with van der Waals surface area (Å²) in [6.07, 6.45) is 3.15. The number of carbonyl (C=O) groups excluding carboxylic acids is 3. The third-order valence-corrected chi connectivity index (χ3v) is 7.47. The van der Waals surface area contributed by atoms with Crippen LogP contribution >= 0.6 is 11.6 Å². The van der Waals surface area contributed by atoms with Gasteiger partial charge in [0.15, 0.2) is 17.3 Å². The van der Waals surface area contributed by atoms with Gasteiger partial charge < -0.3 is 24.8 Å². The number of benzene rings is 2. The van der Waals surface area contributed by atoms with Gasteiger partial charge in [0.25, 0.3) is 0 Å². The zero-order valence-electron chi connectivity index (χ0n) is 20.7. The van der Waals surface area contributed by atoms with Gasteiger partial charge in [-0.2, -0.15) is 0 Å². The molecule has 2 aromatic carbocycles. The summed E-state index contributed by atoms with van der Waals surface area (Å²) in [6.45, 7) is 6.88. The fourth-order valence-corrected chi connectivity index (χ4v) is 5.33. The highest BCUT2D eigenvalue weighted by atomic mass is 35.5. The second-order valence-electron chi connectivity index (χ2n) is 9.53. The summed E-state index contributed by atoms with van der Waals surface area (Å²) in [5.74, 6) is -2.47. The van der Waals surface area contributed by atoms with Crippen LogP contribution in [0, 0.1) is 6.92 Å². The maximum Gasteiger partial charge on any atom is 0.194 e. The number of hydrogen-bond acceptors (Lipinski definition) is 7. The zero-order chi connectivity index (χ0) is 26.8. The first-order chi connectivity index (χ1) is 17.5. The Balaban J connectivity index is 1.50. The monoisotopic (exact) mass is 520 g/mol. The topological polar surface area (TPSA) is 118 Å². The molecule has 0 unspecified atom stereocenters. The van der Waals surface area contributed by atoms with Crippen molar-refractivity contribution in [3.8, 4) is 17.2 Å². The molecule has 0 bridgehead atoms. The van der Waals surface area contributed by atoms with E-state index in [-0.39, 0.29) is 39.5 Å². The lowest BCUT2D eigenvalue weighted by Crippen LogP contribution is -2.41. The Morgan fingerprint density at radius 1 is 1.16 bits per heavy atom. The molecule has 0 fully saturated rings. The molecule has 190 valence electrons. The highest BCUT2D eigenvalue weighted by Gasteiger charge is 2.56. The van der Waals surface area contributed by atoms with Crippen molar-refractivity contribution in [3.63, 3.8) is 0 Å². The molecule has 1 aliphatic heterocycles. The number of rotatable bonds is 5. The highest BCUT2D eigenvalue weighted by molar-refractivity contribution is 6.31. The van der Waals surface area contributed by atoms with Crippen molar-refractivity contribution in [1.82, 2.24) is 9.88 Å². The first-order valence-corrected chi connectivity index (χ1v) is 12.1. The second-order valence-corrected chi connectivity index (χ2v) is 9.96. The van der Waals surface area contributed by atoms with Crippen LogP contribution in [0.1, 0.15) is 42.3 Å². The predicted octanol–water partition coefficient (Wildman–Crippen LogP) is 4.47. The molecule has 0 spiro atoms. The number of halogens is 1. The lowest BCUT2D eigenvalue weighted by Gasteiger charge is -2.29. The normalized spacial score (nSPS) is 19.9. The third-order valence-electron chi connectivity index (χ3n) is 7.24. The van der Waals surface area contributed by atoms with Crippen molar-refractivity contribution in [2.24, 2.45) is 0 Å². The summed E-state index contributed by atoms with van der Waals surface area (Å²) < 4.78 is 7.82. The molecule has 2 heterocycles. The summed E-state index contributed by atoms with van der Waals surface area (Å²) in [5.41, 5.74) is -0.256. The zero-order valence-corrected chi connectivity index (χ0v) is 21.5. The Bertz CT molecular complexity index is 1610. The molecule has 3 aromatic rings. The molecule has 8 nitrogen and oxygen atoms in total. The van der Waals surface area contributed by atoms with Crippen molar-refractivity contribution < 1.29 is 29.3 Å². The molecule has 0 saturated heterocycles. The molecule has 0 amide bonds. The van der Waals surface area contributed by atoms with Crippen LogP contribution < -0.4 is 10.1 Å². The molecular formula is C28H25ClN2O6. The molecule has 1 aromatic heterocycles. The van der Waals surface area contributed by atoms with Gasteiger partial charge in [-0.25, -0.2) is 0 Å². The average molecular weight is 521 g/mol. The molecule has 9 heteroatoms. The second kappa shape index (κ2) is 8.52. The number of aromatic hydroxyl groups is 2. The first-order valence-electron chi connectivity index (χ1n) is 11.7. The fourth-order valence-electron chi connectivity index (χ4n) is 5.17. The van der Waals surface area contributed by atoms with Crippen LogP contribution in [-0.4, -0.2) is 38.7 Å². The maximum atomic E-state index is 13.9. The Kier molecular flexibility index (Phi) is 5.68. The lowest BCUT2D eigenvalue weighted by molar-refractivity contribution is -0.123. The van der Waals surface area contributed by atoms with E-state index in [0.29, 0.717) is 23.8 Å². The van der Waals surface area contributed by atoms with E-state index in [1.165, 1.54) is 19.9 Å². The van der Waals surface area contributed by atoms with E-state index in [9.17, 15) is 24.6 Å². The largest absolute Gasteiger partial charge is 0.507 e. The van der Waals surface area contributed by atoms with Crippen LogP contribution in [-0.2, 0) is 21.5 Å². The molecular weight excluding hydrogens is 496 g/mol. The average Bonchev–Trinajstić information content (AvgIpc) is 3.36. The van der Waals surface area contributed by atoms with Gasteiger partial charge in [0.2, 0.25) is 0 Å². The number of nitrogens with one attached hydrogen (secondary N) is 1. The number of ketones is 3. The minimum absolute atomic E-state index is 0.00698. The van der Waals surface area contributed by atoms with E-state index in [4.69, 9.17) is 16.3 Å². The van der Waals surface area contributed by atoms with Crippen molar-refractivity contribution in [3.05, 3.63) is 75.3 Å². The van der Waals surface area contributed by atoms with Gasteiger partial charge in [-0.05, 0) is 51.3 Å². The molecule has 2 aliphatic rings. The number of phenolic OH excluding ortho intramolecular Hbond substituents is 2. The Hall–Kier alpha value is -4.04. The number of fused-ring (bicyclic) bond motifs is 4. The Morgan fingerprint density at radius 2 is 1.89 bits per heavy atom. The van der Waals surface area contributed by atoms with Crippen LogP contribution in [0.5, 0.6) is 17.2 Å². The molecule has 0 radical (unpaired) electrons. The fraction of sp³-hybridized carbons (Fsp3) is 0.250. The van der Waals surface area contributed by atoms with E-state index in [1.54, 1.807) is 13.8 Å². The van der Waals surface area contributed by atoms with Crippen LogP contribution in [0.4, 0.5) is 0 Å². The van der Waals surface area contributed by atoms with Crippen molar-refractivity contribution in [1.29, 1.82) is 0 Å². The van der Waals surface area contributed by atoms with E-state index >= 15 is 0 Å². The number of phenols is 2. The number of hydrogen-bond donors (Lipinski definition) is 3. The standard InChI is InChI=1S/C28H25ClN2O6/c1-13-24(34)22(15(3)32)26-23(25(13)35)28(4)20(37-26)12-19(33)21(27(28)36)14(2)30-8-10-31-9-7-16-5-6-17(29)11-18(16)31/h5-7,9,11-12,30,34-35H,8,10H2,1-4H3/b21-14+/t28-/m1/s1. The number of allylic oxidation sites excluding steroid dienone is 4. The Morgan fingerprint density at radius 3 is 2.59 bits per heavy atom. The van der Waals surface area contributed by atoms with Crippen LogP contribution in [0.15, 0.2) is 53.6 Å². The SMILES string of the molecule is CC(=O)c1c(O)c(C)c(O)c2c1OC1=CC(=O)/C(=C(/C)NCCn3ccc4ccc(Cl)cc43)C(=O)[C@]12C. The summed E-state index contributed by atoms with van der Waals surface area (Å²) in [7, 11) is 0. The van der Waals surface area contributed by atoms with E-state index < -0.39 is 28.5 Å². The molecule has 1 atom stereocenters. The van der Waals surface area contributed by atoms with Gasteiger partial charge in [0, 0.05) is 47.2 Å². The summed E-state index contributed by atoms with van der Waals surface area (Å²) in [6, 6.07) is 7.63. The summed E-state index contributed by atoms with van der Waals surface area (Å²) in [5, 5.41) is 26.3. The molecule has 3 N–H and O–H groups in total. The van der Waals surface area contributed by atoms with E-state index in [2.05, 4.69) is 5.32 Å². The van der Waals surface area contributed by atoms with Gasteiger partial charge >= 0.3 is 0 Å². The molecule has 37 heavy (non-hydrogen) atoms. The minimum Gasteiger partial charge on any atom is -0.507 e. The highest BCUT2D eigenvalue weighted by Crippen LogP contribution is 2.57. The minimum atomic E-state index is -1.54. The van der Waals surface area contributed by atoms with Crippen molar-refractivity contribution in [2.75, 3.05) is 6.54 Å². The smallest absolute Gasteiger partial charge is 0.194 e. The molecule has 0 saturated carbocycles. The van der Waals surface area contributed by atoms with Crippen LogP contribution in [0.25, 0.3) is 10.9 Å². The quantitative estimate of drug-likeness (QED) is 0.258. The van der Waals surface area contributed by atoms with Crippen molar-refractivity contribution >= 4 is 39.9 Å². The summed E-state index contributed by atoms with van der Waals surface area (Å²) in [4.78, 5) is 39.2. The first kappa shape index (κ1) is 24.6. The molecule has 5 rings (SSSR count). The predicted molar refractivity (Wildman–Crippen MR) is 138 cm³/mol. The van der Waals surface area contributed by atoms with Crippen molar-refractivity contribution in [2.45, 2.75) is 39.7 Å². The van der Waals surface area contributed by atoms with Gasteiger partial charge in [0.05, 0.1) is 11.1 Å². The maximum absolute atomic E-state index is 13.9. The number of nitrogens with zero attached hydrogens (tertiary/aromatic N) is 1. The van der Waals surface area contributed by atoms with Crippen LogP contribution in [0.2, 0.25) is 5.02 Å². The number of carbonyl (C=O) groups is 3.